The second kappa shape index (κ2) is 10.4. The Bertz CT molecular complexity index is 1120. The maximum Gasteiger partial charge on any atom is 0.338 e. The number of benzene rings is 2. The molecule has 1 aliphatic heterocycles. The maximum atomic E-state index is 12.7. The number of halogens is 1. The first-order valence-corrected chi connectivity index (χ1v) is 11.0. The van der Waals surface area contributed by atoms with Gasteiger partial charge in [0.05, 0.1) is 28.8 Å². The first-order chi connectivity index (χ1) is 15.4. The van der Waals surface area contributed by atoms with E-state index in [1.165, 1.54) is 7.11 Å². The minimum absolute atomic E-state index is 0.0403. The van der Waals surface area contributed by atoms with E-state index in [1.807, 2.05) is 36.4 Å². The number of nitrogens with zero attached hydrogens (tertiary/aromatic N) is 1. The van der Waals surface area contributed by atoms with Crippen LogP contribution in [0.2, 0.25) is 0 Å². The number of methoxy groups -OCH3 is 1. The van der Waals surface area contributed by atoms with Gasteiger partial charge in [0.15, 0.2) is 11.5 Å². The molecule has 1 unspecified atom stereocenters. The number of allylic oxidation sites excluding steroid dienone is 2. The smallest absolute Gasteiger partial charge is 0.338 e. The van der Waals surface area contributed by atoms with E-state index in [0.29, 0.717) is 29.4 Å². The van der Waals surface area contributed by atoms with Gasteiger partial charge in [-0.25, -0.2) is 4.79 Å². The zero-order valence-corrected chi connectivity index (χ0v) is 20.1. The van der Waals surface area contributed by atoms with E-state index < -0.39 is 11.9 Å². The molecule has 8 heteroatoms. The number of carbonyl (C=O) groups excluding carboxylic acids is 1. The molecule has 0 spiro atoms. The number of hydrogen-bond acceptors (Lipinski definition) is 7. The summed E-state index contributed by atoms with van der Waals surface area (Å²) in [6.07, 6.45) is 0. The second-order valence-corrected chi connectivity index (χ2v) is 8.09. The average molecular weight is 546 g/mol. The minimum Gasteiger partial charge on any atom is -0.493 e. The molecule has 1 aliphatic rings. The highest BCUT2D eigenvalue weighted by Gasteiger charge is 2.37. The van der Waals surface area contributed by atoms with Crippen LogP contribution in [-0.2, 0) is 20.9 Å². The third-order valence-electron chi connectivity index (χ3n) is 4.91. The summed E-state index contributed by atoms with van der Waals surface area (Å²) >= 11 is 2.15. The summed E-state index contributed by atoms with van der Waals surface area (Å²) in [4.78, 5) is 12.7. The van der Waals surface area contributed by atoms with Crippen LogP contribution in [0.3, 0.4) is 0 Å². The van der Waals surface area contributed by atoms with Crippen LogP contribution in [0.1, 0.15) is 30.9 Å². The lowest BCUT2D eigenvalue weighted by Crippen LogP contribution is -2.25. The van der Waals surface area contributed by atoms with E-state index in [1.54, 1.807) is 19.9 Å². The van der Waals surface area contributed by atoms with Crippen molar-refractivity contribution in [2.24, 2.45) is 5.73 Å². The fourth-order valence-electron chi connectivity index (χ4n) is 3.46. The summed E-state index contributed by atoms with van der Waals surface area (Å²) < 4.78 is 23.1. The molecule has 1 heterocycles. The summed E-state index contributed by atoms with van der Waals surface area (Å²) in [5, 5.41) is 9.77. The molecule has 2 N–H and O–H groups in total. The van der Waals surface area contributed by atoms with Crippen LogP contribution in [0.5, 0.6) is 11.5 Å². The molecule has 32 heavy (non-hydrogen) atoms. The quantitative estimate of drug-likeness (QED) is 0.402. The van der Waals surface area contributed by atoms with Crippen molar-refractivity contribution < 1.29 is 23.7 Å². The van der Waals surface area contributed by atoms with Gasteiger partial charge < -0.3 is 24.7 Å². The highest BCUT2D eigenvalue weighted by atomic mass is 127. The third kappa shape index (κ3) is 4.83. The Labute approximate surface area is 200 Å². The van der Waals surface area contributed by atoms with Gasteiger partial charge in [-0.1, -0.05) is 30.3 Å². The minimum atomic E-state index is -0.751. The van der Waals surface area contributed by atoms with Crippen LogP contribution in [0.25, 0.3) is 0 Å². The number of esters is 1. The summed E-state index contributed by atoms with van der Waals surface area (Å²) in [5.74, 6) is -0.00979. The molecule has 0 bridgehead atoms. The molecule has 0 saturated heterocycles. The molecule has 166 valence electrons. The predicted octanol–water partition coefficient (Wildman–Crippen LogP) is 4.52. The highest BCUT2D eigenvalue weighted by molar-refractivity contribution is 14.1. The number of nitrogens with two attached hydrogens (primary N) is 1. The molecule has 2 aromatic carbocycles. The fraction of sp³-hybridized carbons (Fsp3) is 0.250. The number of carbonyl (C=O) groups is 1. The van der Waals surface area contributed by atoms with Crippen molar-refractivity contribution in [2.45, 2.75) is 26.4 Å². The van der Waals surface area contributed by atoms with Gasteiger partial charge in [0, 0.05) is 0 Å². The molecule has 0 aliphatic carbocycles. The largest absolute Gasteiger partial charge is 0.493 e. The van der Waals surface area contributed by atoms with Crippen LogP contribution in [0.15, 0.2) is 65.3 Å². The van der Waals surface area contributed by atoms with Gasteiger partial charge in [-0.3, -0.25) is 0 Å². The molecular formula is C24H23IN2O5. The summed E-state index contributed by atoms with van der Waals surface area (Å²) in [7, 11) is 1.54. The van der Waals surface area contributed by atoms with E-state index in [-0.39, 0.29) is 23.6 Å². The van der Waals surface area contributed by atoms with Crippen molar-refractivity contribution >= 4 is 28.6 Å². The van der Waals surface area contributed by atoms with Crippen molar-refractivity contribution in [2.75, 3.05) is 13.7 Å². The van der Waals surface area contributed by atoms with E-state index in [0.717, 1.165) is 9.13 Å². The number of hydrogen-bond donors (Lipinski definition) is 1. The first kappa shape index (κ1) is 23.5. The van der Waals surface area contributed by atoms with Crippen LogP contribution >= 0.6 is 22.6 Å². The van der Waals surface area contributed by atoms with Crippen molar-refractivity contribution in [1.82, 2.24) is 0 Å². The van der Waals surface area contributed by atoms with Crippen molar-refractivity contribution in [1.29, 1.82) is 5.26 Å². The SMILES string of the molecule is CCOC(=O)C1=C(C)OC(N)=C(C#N)C1c1cc(I)c(OCc2ccccc2)c(OC)c1. The zero-order valence-electron chi connectivity index (χ0n) is 18.0. The fourth-order valence-corrected chi connectivity index (χ4v) is 4.25. The molecule has 0 saturated carbocycles. The second-order valence-electron chi connectivity index (χ2n) is 6.92. The molecule has 1 atom stereocenters. The molecule has 0 aromatic heterocycles. The van der Waals surface area contributed by atoms with E-state index in [2.05, 4.69) is 28.7 Å². The standard InChI is InChI=1S/C24H23IN2O5/c1-4-30-24(28)20-14(2)32-23(27)17(12-26)21(20)16-10-18(25)22(19(11-16)29-3)31-13-15-8-6-5-7-9-15/h5-11,21H,4,13,27H2,1-3H3. The highest BCUT2D eigenvalue weighted by Crippen LogP contribution is 2.44. The lowest BCUT2D eigenvalue weighted by Gasteiger charge is -2.27. The van der Waals surface area contributed by atoms with Crippen LogP contribution in [-0.4, -0.2) is 19.7 Å². The van der Waals surface area contributed by atoms with Crippen molar-refractivity contribution in [3.63, 3.8) is 0 Å². The van der Waals surface area contributed by atoms with Gasteiger partial charge in [0.25, 0.3) is 0 Å². The Morgan fingerprint density at radius 1 is 1.28 bits per heavy atom. The average Bonchev–Trinajstić information content (AvgIpc) is 2.78. The van der Waals surface area contributed by atoms with Gasteiger partial charge in [-0.2, -0.15) is 5.26 Å². The van der Waals surface area contributed by atoms with Crippen LogP contribution in [0, 0.1) is 14.9 Å². The Balaban J connectivity index is 2.05. The van der Waals surface area contributed by atoms with Crippen molar-refractivity contribution in [3.05, 3.63) is 80.0 Å². The van der Waals surface area contributed by atoms with Gasteiger partial charge in [0.1, 0.15) is 24.0 Å². The Kier molecular flexibility index (Phi) is 7.64. The number of ether oxygens (including phenoxy) is 4. The summed E-state index contributed by atoms with van der Waals surface area (Å²) in [6.45, 7) is 3.90. The summed E-state index contributed by atoms with van der Waals surface area (Å²) in [6, 6.07) is 15.5. The van der Waals surface area contributed by atoms with Gasteiger partial charge in [-0.05, 0) is 59.7 Å². The summed E-state index contributed by atoms with van der Waals surface area (Å²) in [5.41, 5.74) is 8.01. The maximum absolute atomic E-state index is 12.7. The third-order valence-corrected chi connectivity index (χ3v) is 5.71. The molecule has 7 nitrogen and oxygen atoms in total. The van der Waals surface area contributed by atoms with Gasteiger partial charge >= 0.3 is 5.97 Å². The topological polar surface area (TPSA) is 104 Å². The van der Waals surface area contributed by atoms with Gasteiger partial charge in [-0.15, -0.1) is 0 Å². The molecule has 3 rings (SSSR count). The molecule has 0 amide bonds. The molecular weight excluding hydrogens is 523 g/mol. The molecule has 0 fully saturated rings. The first-order valence-electron chi connectivity index (χ1n) is 9.90. The molecule has 2 aromatic rings. The Morgan fingerprint density at radius 3 is 2.62 bits per heavy atom. The normalized spacial score (nSPS) is 15.7. The van der Waals surface area contributed by atoms with E-state index >= 15 is 0 Å². The van der Waals surface area contributed by atoms with Crippen molar-refractivity contribution in [3.8, 4) is 17.6 Å². The Morgan fingerprint density at radius 2 is 2.00 bits per heavy atom. The van der Waals surface area contributed by atoms with E-state index in [9.17, 15) is 10.1 Å². The number of rotatable bonds is 7. The molecule has 0 radical (unpaired) electrons. The van der Waals surface area contributed by atoms with Crippen LogP contribution in [0.4, 0.5) is 0 Å². The lowest BCUT2D eigenvalue weighted by molar-refractivity contribution is -0.139. The Hall–Kier alpha value is -3.19. The van der Waals surface area contributed by atoms with Gasteiger partial charge in [0.2, 0.25) is 5.88 Å². The lowest BCUT2D eigenvalue weighted by atomic mass is 9.83. The zero-order chi connectivity index (χ0) is 23.3. The predicted molar refractivity (Wildman–Crippen MR) is 126 cm³/mol. The van der Waals surface area contributed by atoms with Crippen LogP contribution < -0.4 is 15.2 Å². The van der Waals surface area contributed by atoms with E-state index in [4.69, 9.17) is 24.7 Å². The number of nitriles is 1. The monoisotopic (exact) mass is 546 g/mol.